The van der Waals surface area contributed by atoms with Gasteiger partial charge in [0.05, 0.1) is 6.61 Å². The van der Waals surface area contributed by atoms with Gasteiger partial charge in [-0.2, -0.15) is 0 Å². The number of esters is 1. The maximum Gasteiger partial charge on any atom is 0.322 e. The number of hydrogen-bond donors (Lipinski definition) is 2. The third-order valence-electron chi connectivity index (χ3n) is 2.57. The summed E-state index contributed by atoms with van der Waals surface area (Å²) in [7, 11) is 0. The van der Waals surface area contributed by atoms with Gasteiger partial charge in [-0.1, -0.05) is 0 Å². The fourth-order valence-corrected chi connectivity index (χ4v) is 1.79. The molecule has 14 heavy (non-hydrogen) atoms. The first-order valence-corrected chi connectivity index (χ1v) is 5.22. The molecule has 4 heteroatoms. The molecule has 1 aliphatic rings. The molecule has 1 fully saturated rings. The van der Waals surface area contributed by atoms with Gasteiger partial charge >= 0.3 is 5.97 Å². The van der Waals surface area contributed by atoms with Gasteiger partial charge in [-0.25, -0.2) is 0 Å². The van der Waals surface area contributed by atoms with Crippen molar-refractivity contribution in [2.45, 2.75) is 38.8 Å². The molecular weight excluding hydrogens is 180 g/mol. The van der Waals surface area contributed by atoms with Crippen molar-refractivity contribution in [3.05, 3.63) is 0 Å². The van der Waals surface area contributed by atoms with Crippen molar-refractivity contribution >= 4 is 5.97 Å². The maximum absolute atomic E-state index is 11.4. The molecule has 82 valence electrons. The smallest absolute Gasteiger partial charge is 0.322 e. The summed E-state index contributed by atoms with van der Waals surface area (Å²) in [6.45, 7) is 8.17. The van der Waals surface area contributed by atoms with Crippen molar-refractivity contribution in [2.75, 3.05) is 19.7 Å². The minimum absolute atomic E-state index is 0.0339. The van der Waals surface area contributed by atoms with Crippen LogP contribution in [-0.4, -0.2) is 37.2 Å². The standard InChI is InChI=1S/C10H20N2O2/c1-4-14-9(13)8(2)12-10(3)5-6-11-7-10/h8,11-12H,4-7H2,1-3H3. The topological polar surface area (TPSA) is 50.4 Å². The van der Waals surface area contributed by atoms with Gasteiger partial charge in [0, 0.05) is 12.1 Å². The second-order valence-electron chi connectivity index (χ2n) is 4.11. The van der Waals surface area contributed by atoms with Crippen molar-refractivity contribution in [3.63, 3.8) is 0 Å². The van der Waals surface area contributed by atoms with Gasteiger partial charge in [0.15, 0.2) is 0 Å². The molecule has 0 aromatic carbocycles. The van der Waals surface area contributed by atoms with E-state index in [9.17, 15) is 4.79 Å². The molecule has 4 nitrogen and oxygen atoms in total. The molecule has 0 bridgehead atoms. The van der Waals surface area contributed by atoms with Crippen LogP contribution in [0.1, 0.15) is 27.2 Å². The summed E-state index contributed by atoms with van der Waals surface area (Å²) in [5, 5.41) is 6.58. The molecular formula is C10H20N2O2. The lowest BCUT2D eigenvalue weighted by molar-refractivity contribution is -0.145. The maximum atomic E-state index is 11.4. The summed E-state index contributed by atoms with van der Waals surface area (Å²) < 4.78 is 4.94. The molecule has 0 spiro atoms. The molecule has 2 atom stereocenters. The van der Waals surface area contributed by atoms with Crippen LogP contribution in [0.5, 0.6) is 0 Å². The van der Waals surface area contributed by atoms with Gasteiger partial charge < -0.3 is 10.1 Å². The number of hydrogen-bond acceptors (Lipinski definition) is 4. The first kappa shape index (κ1) is 11.5. The minimum Gasteiger partial charge on any atom is -0.465 e. The van der Waals surface area contributed by atoms with Gasteiger partial charge in [0.25, 0.3) is 0 Å². The number of carbonyl (C=O) groups excluding carboxylic acids is 1. The molecule has 0 aliphatic carbocycles. The van der Waals surface area contributed by atoms with Crippen LogP contribution in [-0.2, 0) is 9.53 Å². The molecule has 1 aliphatic heterocycles. The van der Waals surface area contributed by atoms with Crippen LogP contribution < -0.4 is 10.6 Å². The quantitative estimate of drug-likeness (QED) is 0.640. The summed E-state index contributed by atoms with van der Waals surface area (Å²) >= 11 is 0. The van der Waals surface area contributed by atoms with Gasteiger partial charge in [-0.3, -0.25) is 10.1 Å². The molecule has 2 unspecified atom stereocenters. The van der Waals surface area contributed by atoms with Crippen LogP contribution in [0.4, 0.5) is 0 Å². The predicted molar refractivity (Wildman–Crippen MR) is 55.1 cm³/mol. The highest BCUT2D eigenvalue weighted by Gasteiger charge is 2.31. The van der Waals surface area contributed by atoms with E-state index in [0.29, 0.717) is 6.61 Å². The first-order chi connectivity index (χ1) is 6.57. The Labute approximate surface area is 85.4 Å². The Morgan fingerprint density at radius 2 is 2.43 bits per heavy atom. The Hall–Kier alpha value is -0.610. The summed E-state index contributed by atoms with van der Waals surface area (Å²) in [6, 6.07) is -0.222. The highest BCUT2D eigenvalue weighted by Crippen LogP contribution is 2.14. The lowest BCUT2D eigenvalue weighted by Crippen LogP contribution is -2.51. The van der Waals surface area contributed by atoms with Crippen LogP contribution in [0.3, 0.4) is 0 Å². The highest BCUT2D eigenvalue weighted by atomic mass is 16.5. The molecule has 0 aromatic heterocycles. The summed E-state index contributed by atoms with van der Waals surface area (Å²) in [5.41, 5.74) is 0.0339. The van der Waals surface area contributed by atoms with Gasteiger partial charge in [-0.15, -0.1) is 0 Å². The summed E-state index contributed by atoms with van der Waals surface area (Å²) in [5.74, 6) is -0.166. The Morgan fingerprint density at radius 3 is 2.93 bits per heavy atom. The molecule has 2 N–H and O–H groups in total. The lowest BCUT2D eigenvalue weighted by atomic mass is 10.0. The highest BCUT2D eigenvalue weighted by molar-refractivity contribution is 5.75. The zero-order valence-electron chi connectivity index (χ0n) is 9.22. The average Bonchev–Trinajstić information content (AvgIpc) is 2.52. The van der Waals surface area contributed by atoms with Crippen molar-refractivity contribution < 1.29 is 9.53 Å². The van der Waals surface area contributed by atoms with Gasteiger partial charge in [0.2, 0.25) is 0 Å². The van der Waals surface area contributed by atoms with E-state index in [4.69, 9.17) is 4.74 Å². The molecule has 0 amide bonds. The largest absolute Gasteiger partial charge is 0.465 e. The van der Waals surface area contributed by atoms with E-state index in [-0.39, 0.29) is 17.6 Å². The molecule has 1 saturated heterocycles. The Bertz CT molecular complexity index is 200. The van der Waals surface area contributed by atoms with E-state index in [1.54, 1.807) is 0 Å². The first-order valence-electron chi connectivity index (χ1n) is 5.22. The number of carbonyl (C=O) groups is 1. The number of ether oxygens (including phenoxy) is 1. The zero-order valence-corrected chi connectivity index (χ0v) is 9.22. The molecule has 0 saturated carbocycles. The minimum atomic E-state index is -0.222. The van der Waals surface area contributed by atoms with Gasteiger partial charge in [-0.05, 0) is 33.7 Å². The van der Waals surface area contributed by atoms with Crippen LogP contribution >= 0.6 is 0 Å². The van der Waals surface area contributed by atoms with E-state index in [1.807, 2.05) is 13.8 Å². The summed E-state index contributed by atoms with van der Waals surface area (Å²) in [4.78, 5) is 11.4. The van der Waals surface area contributed by atoms with E-state index in [2.05, 4.69) is 17.6 Å². The van der Waals surface area contributed by atoms with Gasteiger partial charge in [0.1, 0.15) is 6.04 Å². The van der Waals surface area contributed by atoms with E-state index in [1.165, 1.54) is 0 Å². The van der Waals surface area contributed by atoms with Crippen LogP contribution in [0.2, 0.25) is 0 Å². The second kappa shape index (κ2) is 4.75. The second-order valence-corrected chi connectivity index (χ2v) is 4.11. The number of rotatable bonds is 4. The third kappa shape index (κ3) is 2.96. The number of nitrogens with one attached hydrogen (secondary N) is 2. The average molecular weight is 200 g/mol. The van der Waals surface area contributed by atoms with Crippen molar-refractivity contribution in [1.82, 2.24) is 10.6 Å². The molecule has 1 heterocycles. The predicted octanol–water partition coefficient (Wildman–Crippen LogP) is 0.280. The fraction of sp³-hybridized carbons (Fsp3) is 0.900. The molecule has 0 aromatic rings. The monoisotopic (exact) mass is 200 g/mol. The van der Waals surface area contributed by atoms with Crippen molar-refractivity contribution in [1.29, 1.82) is 0 Å². The van der Waals surface area contributed by atoms with E-state index in [0.717, 1.165) is 19.5 Å². The third-order valence-corrected chi connectivity index (χ3v) is 2.57. The zero-order chi connectivity index (χ0) is 10.6. The fourth-order valence-electron chi connectivity index (χ4n) is 1.79. The van der Waals surface area contributed by atoms with E-state index >= 15 is 0 Å². The van der Waals surface area contributed by atoms with Crippen molar-refractivity contribution in [3.8, 4) is 0 Å². The van der Waals surface area contributed by atoms with Crippen LogP contribution in [0, 0.1) is 0 Å². The lowest BCUT2D eigenvalue weighted by Gasteiger charge is -2.27. The Balaban J connectivity index is 2.38. The molecule has 1 rings (SSSR count). The van der Waals surface area contributed by atoms with Crippen LogP contribution in [0.15, 0.2) is 0 Å². The van der Waals surface area contributed by atoms with Crippen LogP contribution in [0.25, 0.3) is 0 Å². The Kier molecular flexibility index (Phi) is 3.89. The Morgan fingerprint density at radius 1 is 1.71 bits per heavy atom. The summed E-state index contributed by atoms with van der Waals surface area (Å²) in [6.07, 6.45) is 1.05. The normalized spacial score (nSPS) is 28.8. The van der Waals surface area contributed by atoms with Crippen molar-refractivity contribution in [2.24, 2.45) is 0 Å². The molecule has 0 radical (unpaired) electrons. The van der Waals surface area contributed by atoms with E-state index < -0.39 is 0 Å². The SMILES string of the molecule is CCOC(=O)C(C)NC1(C)CCNC1.